The first-order chi connectivity index (χ1) is 14.5. The average molecular weight is 416 g/mol. The van der Waals surface area contributed by atoms with Crippen molar-refractivity contribution in [3.05, 3.63) is 100 Å². The molecule has 0 fully saturated rings. The average Bonchev–Trinajstić information content (AvgIpc) is 3.26. The lowest BCUT2D eigenvalue weighted by Gasteiger charge is -2.11. The summed E-state index contributed by atoms with van der Waals surface area (Å²) in [6, 6.07) is 23.9. The Morgan fingerprint density at radius 2 is 1.50 bits per heavy atom. The summed E-state index contributed by atoms with van der Waals surface area (Å²) in [5.74, 6) is 0.190. The molecule has 0 atom stereocenters. The maximum absolute atomic E-state index is 13.6. The zero-order valence-corrected chi connectivity index (χ0v) is 16.9. The molecule has 5 rings (SSSR count). The van der Waals surface area contributed by atoms with Crippen LogP contribution in [-0.4, -0.2) is 19.0 Å². The van der Waals surface area contributed by atoms with E-state index in [0.717, 1.165) is 28.1 Å². The predicted molar refractivity (Wildman–Crippen MR) is 120 cm³/mol. The third-order valence-electron chi connectivity index (χ3n) is 5.29. The van der Waals surface area contributed by atoms with Gasteiger partial charge in [0.2, 0.25) is 0 Å². The standard InChI is InChI=1S/C24H18ClN3O2/c1-26-21-15-27(18-11-13-20(29)14-12-18)23(16-7-9-17(25)10-8-16)22(21)24(30)28(26)19-5-3-2-4-6-19/h2-15,29H,1H3. The number of fused-ring (bicyclic) bond motifs is 1. The summed E-state index contributed by atoms with van der Waals surface area (Å²) in [6.45, 7) is 0. The quantitative estimate of drug-likeness (QED) is 0.443. The van der Waals surface area contributed by atoms with Gasteiger partial charge in [0.05, 0.1) is 22.3 Å². The van der Waals surface area contributed by atoms with Gasteiger partial charge < -0.3 is 9.67 Å². The van der Waals surface area contributed by atoms with Gasteiger partial charge in [-0.2, -0.15) is 0 Å². The van der Waals surface area contributed by atoms with Crippen molar-refractivity contribution < 1.29 is 5.11 Å². The maximum Gasteiger partial charge on any atom is 0.281 e. The molecule has 0 radical (unpaired) electrons. The number of benzene rings is 3. The minimum absolute atomic E-state index is 0.0961. The SMILES string of the molecule is Cn1c2cn(-c3ccc(O)cc3)c(-c3ccc(Cl)cc3)c2c(=O)n1-c1ccccc1. The molecule has 1 N–H and O–H groups in total. The molecule has 0 unspecified atom stereocenters. The van der Waals surface area contributed by atoms with Crippen molar-refractivity contribution in [2.75, 3.05) is 0 Å². The van der Waals surface area contributed by atoms with Crippen LogP contribution in [0.2, 0.25) is 5.02 Å². The van der Waals surface area contributed by atoms with E-state index in [-0.39, 0.29) is 11.3 Å². The number of rotatable bonds is 3. The molecule has 2 aromatic heterocycles. The molecule has 0 saturated heterocycles. The van der Waals surface area contributed by atoms with Crippen LogP contribution in [-0.2, 0) is 7.05 Å². The molecule has 3 aromatic carbocycles. The normalized spacial score (nSPS) is 11.3. The Morgan fingerprint density at radius 1 is 0.833 bits per heavy atom. The number of phenols is 1. The van der Waals surface area contributed by atoms with Gasteiger partial charge in [0, 0.05) is 24.0 Å². The second-order valence-corrected chi connectivity index (χ2v) is 7.54. The largest absolute Gasteiger partial charge is 0.508 e. The van der Waals surface area contributed by atoms with Crippen LogP contribution in [0.4, 0.5) is 0 Å². The van der Waals surface area contributed by atoms with Crippen molar-refractivity contribution in [2.24, 2.45) is 7.05 Å². The van der Waals surface area contributed by atoms with E-state index in [1.54, 1.807) is 16.8 Å². The zero-order valence-electron chi connectivity index (χ0n) is 16.2. The molecule has 5 aromatic rings. The number of halogens is 1. The van der Waals surface area contributed by atoms with Gasteiger partial charge >= 0.3 is 0 Å². The second-order valence-electron chi connectivity index (χ2n) is 7.11. The molecule has 30 heavy (non-hydrogen) atoms. The summed E-state index contributed by atoms with van der Waals surface area (Å²) in [6.07, 6.45) is 1.95. The van der Waals surface area contributed by atoms with E-state index in [4.69, 9.17) is 11.6 Å². The number of para-hydroxylation sites is 1. The molecule has 6 heteroatoms. The van der Waals surface area contributed by atoms with E-state index in [9.17, 15) is 9.90 Å². The van der Waals surface area contributed by atoms with Gasteiger partial charge in [-0.25, -0.2) is 4.68 Å². The first kappa shape index (κ1) is 18.3. The van der Waals surface area contributed by atoms with Crippen LogP contribution in [0.1, 0.15) is 0 Å². The van der Waals surface area contributed by atoms with Crippen LogP contribution in [0.25, 0.3) is 33.5 Å². The molecule has 5 nitrogen and oxygen atoms in total. The Morgan fingerprint density at radius 3 is 2.17 bits per heavy atom. The number of phenolic OH excluding ortho intramolecular Hbond substituents is 1. The smallest absolute Gasteiger partial charge is 0.281 e. The summed E-state index contributed by atoms with van der Waals surface area (Å²) in [5.41, 5.74) is 4.02. The highest BCUT2D eigenvalue weighted by atomic mass is 35.5. The Hall–Kier alpha value is -3.70. The molecule has 0 aliphatic carbocycles. The Labute approximate surface area is 177 Å². The van der Waals surface area contributed by atoms with Crippen LogP contribution >= 0.6 is 11.6 Å². The first-order valence-electron chi connectivity index (χ1n) is 9.48. The van der Waals surface area contributed by atoms with E-state index >= 15 is 0 Å². The van der Waals surface area contributed by atoms with E-state index in [2.05, 4.69) is 0 Å². The molecule has 0 saturated carbocycles. The fourth-order valence-corrected chi connectivity index (χ4v) is 3.99. The molecule has 0 aliphatic heterocycles. The molecule has 148 valence electrons. The highest BCUT2D eigenvalue weighted by Crippen LogP contribution is 2.33. The number of aryl methyl sites for hydroxylation is 1. The van der Waals surface area contributed by atoms with Crippen LogP contribution < -0.4 is 5.56 Å². The van der Waals surface area contributed by atoms with Gasteiger partial charge in [-0.05, 0) is 54.1 Å². The summed E-state index contributed by atoms with van der Waals surface area (Å²) in [5, 5.41) is 10.9. The molecular weight excluding hydrogens is 398 g/mol. The molecular formula is C24H18ClN3O2. The first-order valence-corrected chi connectivity index (χ1v) is 9.86. The Balaban J connectivity index is 1.86. The molecule has 2 heterocycles. The van der Waals surface area contributed by atoms with Crippen molar-refractivity contribution in [3.8, 4) is 28.4 Å². The van der Waals surface area contributed by atoms with Crippen molar-refractivity contribution in [1.29, 1.82) is 0 Å². The van der Waals surface area contributed by atoms with E-state index in [1.165, 1.54) is 0 Å². The lowest BCUT2D eigenvalue weighted by atomic mass is 10.1. The lowest BCUT2D eigenvalue weighted by molar-refractivity contribution is 0.475. The van der Waals surface area contributed by atoms with E-state index in [1.807, 2.05) is 89.2 Å². The third-order valence-corrected chi connectivity index (χ3v) is 5.54. The summed E-state index contributed by atoms with van der Waals surface area (Å²) < 4.78 is 5.51. The van der Waals surface area contributed by atoms with Gasteiger partial charge in [-0.1, -0.05) is 41.9 Å². The zero-order chi connectivity index (χ0) is 20.8. The minimum atomic E-state index is -0.0961. The van der Waals surface area contributed by atoms with E-state index < -0.39 is 0 Å². The van der Waals surface area contributed by atoms with Crippen LogP contribution in [0.3, 0.4) is 0 Å². The van der Waals surface area contributed by atoms with Gasteiger partial charge in [0.1, 0.15) is 5.75 Å². The fraction of sp³-hybridized carbons (Fsp3) is 0.0417. The number of aromatic hydroxyl groups is 1. The lowest BCUT2D eigenvalue weighted by Crippen LogP contribution is -2.20. The summed E-state index contributed by atoms with van der Waals surface area (Å²) >= 11 is 6.10. The second kappa shape index (κ2) is 6.97. The predicted octanol–water partition coefficient (Wildman–Crippen LogP) is 5.15. The minimum Gasteiger partial charge on any atom is -0.508 e. The van der Waals surface area contributed by atoms with Gasteiger partial charge in [-0.3, -0.25) is 9.48 Å². The third kappa shape index (κ3) is 2.83. The van der Waals surface area contributed by atoms with Crippen molar-refractivity contribution in [3.63, 3.8) is 0 Å². The number of aromatic nitrogens is 3. The molecule has 0 spiro atoms. The molecule has 0 bridgehead atoms. The monoisotopic (exact) mass is 415 g/mol. The van der Waals surface area contributed by atoms with Crippen LogP contribution in [0, 0.1) is 0 Å². The van der Waals surface area contributed by atoms with Gasteiger partial charge in [0.15, 0.2) is 0 Å². The van der Waals surface area contributed by atoms with Crippen LogP contribution in [0.15, 0.2) is 89.9 Å². The maximum atomic E-state index is 13.6. The fourth-order valence-electron chi connectivity index (χ4n) is 3.87. The Bertz CT molecular complexity index is 1410. The number of hydrogen-bond donors (Lipinski definition) is 1. The summed E-state index contributed by atoms with van der Waals surface area (Å²) in [7, 11) is 1.88. The molecule has 0 amide bonds. The van der Waals surface area contributed by atoms with Crippen LogP contribution in [0.5, 0.6) is 5.75 Å². The van der Waals surface area contributed by atoms with Crippen molar-refractivity contribution in [1.82, 2.24) is 13.9 Å². The topological polar surface area (TPSA) is 52.1 Å². The Kier molecular flexibility index (Phi) is 4.26. The van der Waals surface area contributed by atoms with Crippen molar-refractivity contribution in [2.45, 2.75) is 0 Å². The number of nitrogens with zero attached hydrogens (tertiary/aromatic N) is 3. The van der Waals surface area contributed by atoms with Gasteiger partial charge in [-0.15, -0.1) is 0 Å². The van der Waals surface area contributed by atoms with Gasteiger partial charge in [0.25, 0.3) is 5.56 Å². The highest BCUT2D eigenvalue weighted by molar-refractivity contribution is 6.30. The van der Waals surface area contributed by atoms with E-state index in [0.29, 0.717) is 10.4 Å². The van der Waals surface area contributed by atoms with Crippen molar-refractivity contribution >= 4 is 22.5 Å². The summed E-state index contributed by atoms with van der Waals surface area (Å²) in [4.78, 5) is 13.6. The number of hydrogen-bond acceptors (Lipinski definition) is 2. The highest BCUT2D eigenvalue weighted by Gasteiger charge is 2.22. The molecule has 0 aliphatic rings.